The molecule has 0 saturated carbocycles. The van der Waals surface area contributed by atoms with Crippen molar-refractivity contribution in [3.05, 3.63) is 34.6 Å². The molecule has 0 spiro atoms. The highest BCUT2D eigenvalue weighted by Gasteiger charge is 2.23. The number of likely N-dealkylation sites (tertiary alicyclic amines) is 1. The van der Waals surface area contributed by atoms with Gasteiger partial charge in [-0.1, -0.05) is 12.1 Å². The molecule has 7 nitrogen and oxygen atoms in total. The summed E-state index contributed by atoms with van der Waals surface area (Å²) in [6, 6.07) is 7.42. The molecule has 2 N–H and O–H groups in total. The Bertz CT molecular complexity index is 750. The number of anilines is 1. The summed E-state index contributed by atoms with van der Waals surface area (Å²) in [7, 11) is 0. The number of aromatic amines is 1. The van der Waals surface area contributed by atoms with Crippen LogP contribution in [0.4, 0.5) is 10.7 Å². The Morgan fingerprint density at radius 3 is 2.87 bits per heavy atom. The van der Waals surface area contributed by atoms with Gasteiger partial charge < -0.3 is 15.0 Å². The third-order valence-corrected chi connectivity index (χ3v) is 3.97. The molecule has 3 rings (SSSR count). The summed E-state index contributed by atoms with van der Waals surface area (Å²) in [5.74, 6) is 0.475. The van der Waals surface area contributed by atoms with Crippen molar-refractivity contribution in [1.82, 2.24) is 14.9 Å². The average Bonchev–Trinajstić information content (AvgIpc) is 2.56. The topological polar surface area (TPSA) is 87.3 Å². The quantitative estimate of drug-likeness (QED) is 0.904. The average molecular weight is 316 g/mol. The number of rotatable bonds is 3. The van der Waals surface area contributed by atoms with Crippen LogP contribution in [0.15, 0.2) is 29.1 Å². The van der Waals surface area contributed by atoms with Crippen LogP contribution in [-0.2, 0) is 4.74 Å². The summed E-state index contributed by atoms with van der Waals surface area (Å²) in [5, 5.41) is 3.84. The molecule has 1 aliphatic heterocycles. The molecule has 2 aromatic rings. The summed E-state index contributed by atoms with van der Waals surface area (Å²) in [5.41, 5.74) is 0.518. The lowest BCUT2D eigenvalue weighted by Gasteiger charge is -2.31. The van der Waals surface area contributed by atoms with E-state index in [0.717, 1.165) is 12.8 Å². The standard InChI is InChI=1S/C16H20N4O3/c1-2-23-16(22)20-9-7-11(8-10-20)17-15-18-13-6-4-3-5-12(13)14(21)19-15/h3-6,11H,2,7-10H2,1H3,(H2,17,18,19,21). The van der Waals surface area contributed by atoms with Gasteiger partial charge in [0.1, 0.15) is 0 Å². The molecule has 1 fully saturated rings. The van der Waals surface area contributed by atoms with Gasteiger partial charge in [0, 0.05) is 19.1 Å². The number of para-hydroxylation sites is 1. The number of H-pyrrole nitrogens is 1. The molecule has 122 valence electrons. The minimum absolute atomic E-state index is 0.151. The number of piperidine rings is 1. The Labute approximate surface area is 133 Å². The van der Waals surface area contributed by atoms with Gasteiger partial charge in [-0.05, 0) is 31.9 Å². The van der Waals surface area contributed by atoms with Gasteiger partial charge in [-0.2, -0.15) is 0 Å². The Morgan fingerprint density at radius 1 is 1.39 bits per heavy atom. The Morgan fingerprint density at radius 2 is 2.13 bits per heavy atom. The Hall–Kier alpha value is -2.57. The maximum absolute atomic E-state index is 12.0. The van der Waals surface area contributed by atoms with E-state index in [1.54, 1.807) is 17.9 Å². The van der Waals surface area contributed by atoms with E-state index in [-0.39, 0.29) is 17.7 Å². The lowest BCUT2D eigenvalue weighted by molar-refractivity contribution is 0.0983. The molecule has 23 heavy (non-hydrogen) atoms. The predicted octanol–water partition coefficient (Wildman–Crippen LogP) is 1.96. The SMILES string of the molecule is CCOC(=O)N1CCC(Nc2nc3ccccc3c(=O)[nH]2)CC1. The third-order valence-electron chi connectivity index (χ3n) is 3.97. The van der Waals surface area contributed by atoms with E-state index in [9.17, 15) is 9.59 Å². The molecule has 1 saturated heterocycles. The largest absolute Gasteiger partial charge is 0.450 e. The normalized spacial score (nSPS) is 15.6. The van der Waals surface area contributed by atoms with Crippen LogP contribution < -0.4 is 10.9 Å². The zero-order valence-electron chi connectivity index (χ0n) is 13.0. The van der Waals surface area contributed by atoms with Crippen molar-refractivity contribution in [3.8, 4) is 0 Å². The van der Waals surface area contributed by atoms with Gasteiger partial charge >= 0.3 is 6.09 Å². The molecule has 0 radical (unpaired) electrons. The smallest absolute Gasteiger partial charge is 0.409 e. The number of nitrogens with zero attached hydrogens (tertiary/aromatic N) is 2. The maximum Gasteiger partial charge on any atom is 0.409 e. The number of fused-ring (bicyclic) bond motifs is 1. The van der Waals surface area contributed by atoms with Crippen LogP contribution in [0.1, 0.15) is 19.8 Å². The molecule has 0 atom stereocenters. The third kappa shape index (κ3) is 3.44. The van der Waals surface area contributed by atoms with Crippen LogP contribution in [0.2, 0.25) is 0 Å². The first-order chi connectivity index (χ1) is 11.2. The fourth-order valence-corrected chi connectivity index (χ4v) is 2.77. The number of carbonyl (C=O) groups excluding carboxylic acids is 1. The summed E-state index contributed by atoms with van der Waals surface area (Å²) in [6.07, 6.45) is 1.31. The van der Waals surface area contributed by atoms with E-state index in [1.807, 2.05) is 18.2 Å². The second-order valence-electron chi connectivity index (χ2n) is 5.54. The van der Waals surface area contributed by atoms with Gasteiger partial charge in [0.05, 0.1) is 17.5 Å². The molecule has 1 aromatic carbocycles. The molecular weight excluding hydrogens is 296 g/mol. The van der Waals surface area contributed by atoms with Crippen molar-refractivity contribution in [2.24, 2.45) is 0 Å². The first-order valence-corrected chi connectivity index (χ1v) is 7.84. The van der Waals surface area contributed by atoms with Crippen molar-refractivity contribution in [2.45, 2.75) is 25.8 Å². The number of aromatic nitrogens is 2. The summed E-state index contributed by atoms with van der Waals surface area (Å²) < 4.78 is 5.01. The van der Waals surface area contributed by atoms with Gasteiger partial charge in [-0.25, -0.2) is 9.78 Å². The minimum atomic E-state index is -0.261. The van der Waals surface area contributed by atoms with Gasteiger partial charge in [-0.15, -0.1) is 0 Å². The molecule has 1 aromatic heterocycles. The lowest BCUT2D eigenvalue weighted by Crippen LogP contribution is -2.43. The van der Waals surface area contributed by atoms with Gasteiger partial charge in [0.25, 0.3) is 5.56 Å². The van der Waals surface area contributed by atoms with Crippen LogP contribution in [0.25, 0.3) is 10.9 Å². The highest BCUT2D eigenvalue weighted by atomic mass is 16.6. The number of hydrogen-bond donors (Lipinski definition) is 2. The molecule has 0 aliphatic carbocycles. The number of nitrogens with one attached hydrogen (secondary N) is 2. The van der Waals surface area contributed by atoms with E-state index in [4.69, 9.17) is 4.74 Å². The molecular formula is C16H20N4O3. The summed E-state index contributed by atoms with van der Waals surface area (Å²) in [4.78, 5) is 32.6. The van der Waals surface area contributed by atoms with E-state index >= 15 is 0 Å². The highest BCUT2D eigenvalue weighted by Crippen LogP contribution is 2.16. The van der Waals surface area contributed by atoms with Crippen LogP contribution >= 0.6 is 0 Å². The van der Waals surface area contributed by atoms with Crippen molar-refractivity contribution in [3.63, 3.8) is 0 Å². The molecule has 0 unspecified atom stereocenters. The minimum Gasteiger partial charge on any atom is -0.450 e. The van der Waals surface area contributed by atoms with Crippen molar-refractivity contribution in [2.75, 3.05) is 25.0 Å². The zero-order valence-corrected chi connectivity index (χ0v) is 13.0. The van der Waals surface area contributed by atoms with Crippen LogP contribution in [0.5, 0.6) is 0 Å². The van der Waals surface area contributed by atoms with Gasteiger partial charge in [-0.3, -0.25) is 9.78 Å². The molecule has 1 aliphatic rings. The molecule has 0 bridgehead atoms. The monoisotopic (exact) mass is 316 g/mol. The van der Waals surface area contributed by atoms with Crippen LogP contribution in [-0.4, -0.2) is 46.7 Å². The number of amides is 1. The number of carbonyl (C=O) groups is 1. The number of hydrogen-bond acceptors (Lipinski definition) is 5. The van der Waals surface area contributed by atoms with E-state index in [1.165, 1.54) is 0 Å². The molecule has 1 amide bonds. The van der Waals surface area contributed by atoms with E-state index in [2.05, 4.69) is 15.3 Å². The lowest BCUT2D eigenvalue weighted by atomic mass is 10.1. The molecule has 7 heteroatoms. The van der Waals surface area contributed by atoms with Gasteiger partial charge in [0.15, 0.2) is 0 Å². The second-order valence-corrected chi connectivity index (χ2v) is 5.54. The number of ether oxygens (including phenoxy) is 1. The summed E-state index contributed by atoms with van der Waals surface area (Å²) in [6.45, 7) is 3.45. The maximum atomic E-state index is 12.0. The fourth-order valence-electron chi connectivity index (χ4n) is 2.77. The van der Waals surface area contributed by atoms with E-state index < -0.39 is 0 Å². The second kappa shape index (κ2) is 6.68. The van der Waals surface area contributed by atoms with Crippen molar-refractivity contribution < 1.29 is 9.53 Å². The highest BCUT2D eigenvalue weighted by molar-refractivity contribution is 5.78. The summed E-state index contributed by atoms with van der Waals surface area (Å²) >= 11 is 0. The van der Waals surface area contributed by atoms with Crippen LogP contribution in [0, 0.1) is 0 Å². The first kappa shape index (κ1) is 15.3. The number of benzene rings is 1. The van der Waals surface area contributed by atoms with Crippen molar-refractivity contribution >= 4 is 22.9 Å². The van der Waals surface area contributed by atoms with E-state index in [0.29, 0.717) is 36.5 Å². The zero-order chi connectivity index (χ0) is 16.2. The Balaban J connectivity index is 1.65. The van der Waals surface area contributed by atoms with Crippen LogP contribution in [0.3, 0.4) is 0 Å². The molecule has 2 heterocycles. The first-order valence-electron chi connectivity index (χ1n) is 7.84. The van der Waals surface area contributed by atoms with Crippen molar-refractivity contribution in [1.29, 1.82) is 0 Å². The fraction of sp³-hybridized carbons (Fsp3) is 0.438. The predicted molar refractivity (Wildman–Crippen MR) is 87.6 cm³/mol. The Kier molecular flexibility index (Phi) is 4.45. The van der Waals surface area contributed by atoms with Gasteiger partial charge in [0.2, 0.25) is 5.95 Å².